The lowest BCUT2D eigenvalue weighted by Gasteiger charge is -2.18. The van der Waals surface area contributed by atoms with E-state index in [4.69, 9.17) is 5.11 Å². The molecule has 0 aliphatic rings. The van der Waals surface area contributed by atoms with E-state index in [2.05, 4.69) is 6.92 Å². The van der Waals surface area contributed by atoms with Gasteiger partial charge < -0.3 is 10.2 Å². The molecule has 0 bridgehead atoms. The average Bonchev–Trinajstić information content (AvgIpc) is 1.87. The molecule has 0 aliphatic heterocycles. The Hall–Kier alpha value is -0.0800. The minimum absolute atomic E-state index is 0.212. The molecule has 68 valence electrons. The predicted octanol–water partition coefficient (Wildman–Crippen LogP) is 1.41. The summed E-state index contributed by atoms with van der Waals surface area (Å²) in [7, 11) is 0. The summed E-state index contributed by atoms with van der Waals surface area (Å²) in [5.74, 6) is 0.758. The fourth-order valence-electron chi connectivity index (χ4n) is 1.02. The molecule has 0 aromatic rings. The zero-order valence-corrected chi connectivity index (χ0v) is 7.75. The topological polar surface area (TPSA) is 40.5 Å². The molecule has 0 fully saturated rings. The Morgan fingerprint density at radius 3 is 2.09 bits per heavy atom. The van der Waals surface area contributed by atoms with Crippen molar-refractivity contribution in [2.24, 2.45) is 11.8 Å². The molecule has 0 saturated carbocycles. The summed E-state index contributed by atoms with van der Waals surface area (Å²) in [6.45, 7) is 6.31. The quantitative estimate of drug-likeness (QED) is 0.638. The Morgan fingerprint density at radius 1 is 1.18 bits per heavy atom. The molecule has 2 nitrogen and oxygen atoms in total. The summed E-state index contributed by atoms with van der Waals surface area (Å²) >= 11 is 0. The first-order valence-electron chi connectivity index (χ1n) is 4.36. The lowest BCUT2D eigenvalue weighted by atomic mass is 9.94. The molecule has 0 aromatic carbocycles. The highest BCUT2D eigenvalue weighted by Gasteiger charge is 2.12. The summed E-state index contributed by atoms with van der Waals surface area (Å²) in [5.41, 5.74) is 0. The number of hydrogen-bond donors (Lipinski definition) is 2. The van der Waals surface area contributed by atoms with Crippen LogP contribution in [0, 0.1) is 11.8 Å². The lowest BCUT2D eigenvalue weighted by Crippen LogP contribution is -2.18. The molecule has 0 radical (unpaired) electrons. The molecule has 11 heavy (non-hydrogen) atoms. The van der Waals surface area contributed by atoms with E-state index in [1.165, 1.54) is 0 Å². The molecule has 0 spiro atoms. The predicted molar refractivity (Wildman–Crippen MR) is 46.3 cm³/mol. The van der Waals surface area contributed by atoms with Gasteiger partial charge in [0.15, 0.2) is 0 Å². The van der Waals surface area contributed by atoms with Crippen LogP contribution in [0.15, 0.2) is 0 Å². The second kappa shape index (κ2) is 5.56. The summed E-state index contributed by atoms with van der Waals surface area (Å²) in [5, 5.41) is 18.0. The number of rotatable bonds is 5. The zero-order chi connectivity index (χ0) is 8.85. The number of aliphatic hydroxyl groups excluding tert-OH is 2. The van der Waals surface area contributed by atoms with Crippen LogP contribution in [-0.2, 0) is 0 Å². The molecule has 2 N–H and O–H groups in total. The fourth-order valence-corrected chi connectivity index (χ4v) is 1.02. The Labute approximate surface area is 69.2 Å². The molecule has 2 unspecified atom stereocenters. The summed E-state index contributed by atoms with van der Waals surface area (Å²) < 4.78 is 0. The zero-order valence-electron chi connectivity index (χ0n) is 7.75. The van der Waals surface area contributed by atoms with Crippen LogP contribution in [0.2, 0.25) is 0 Å². The van der Waals surface area contributed by atoms with Gasteiger partial charge in [-0.2, -0.15) is 0 Å². The van der Waals surface area contributed by atoms with Gasteiger partial charge in [0.2, 0.25) is 0 Å². The van der Waals surface area contributed by atoms with Gasteiger partial charge in [-0.05, 0) is 24.7 Å². The molecular formula is C9H20O2. The van der Waals surface area contributed by atoms with Gasteiger partial charge in [0.25, 0.3) is 0 Å². The average molecular weight is 160 g/mol. The Morgan fingerprint density at radius 2 is 1.73 bits per heavy atom. The second-order valence-electron chi connectivity index (χ2n) is 3.66. The molecule has 0 saturated heterocycles. The molecule has 0 aliphatic carbocycles. The SMILES string of the molecule is CC(CCO)CC(O)C(C)C. The summed E-state index contributed by atoms with van der Waals surface area (Å²) in [6, 6.07) is 0. The van der Waals surface area contributed by atoms with Crippen molar-refractivity contribution in [3.05, 3.63) is 0 Å². The fraction of sp³-hybridized carbons (Fsp3) is 1.00. The van der Waals surface area contributed by atoms with Gasteiger partial charge in [0.05, 0.1) is 6.10 Å². The first-order chi connectivity index (χ1) is 5.07. The molecule has 2 atom stereocenters. The first-order valence-corrected chi connectivity index (χ1v) is 4.36. The number of aliphatic hydroxyl groups is 2. The molecule has 0 heterocycles. The maximum absolute atomic E-state index is 9.44. The highest BCUT2D eigenvalue weighted by Crippen LogP contribution is 2.14. The highest BCUT2D eigenvalue weighted by atomic mass is 16.3. The number of hydrogen-bond acceptors (Lipinski definition) is 2. The van der Waals surface area contributed by atoms with Gasteiger partial charge >= 0.3 is 0 Å². The van der Waals surface area contributed by atoms with Crippen LogP contribution in [0.1, 0.15) is 33.6 Å². The maximum Gasteiger partial charge on any atom is 0.0565 e. The third-order valence-electron chi connectivity index (χ3n) is 2.04. The van der Waals surface area contributed by atoms with E-state index in [0.717, 1.165) is 12.8 Å². The van der Waals surface area contributed by atoms with Gasteiger partial charge in [0, 0.05) is 6.61 Å². The minimum atomic E-state index is -0.212. The van der Waals surface area contributed by atoms with Crippen LogP contribution in [0.3, 0.4) is 0 Å². The Balaban J connectivity index is 3.48. The van der Waals surface area contributed by atoms with Crippen LogP contribution in [0.4, 0.5) is 0 Å². The monoisotopic (exact) mass is 160 g/mol. The van der Waals surface area contributed by atoms with Crippen molar-refractivity contribution >= 4 is 0 Å². The van der Waals surface area contributed by atoms with Crippen molar-refractivity contribution in [2.45, 2.75) is 39.7 Å². The second-order valence-corrected chi connectivity index (χ2v) is 3.66. The summed E-state index contributed by atoms with van der Waals surface area (Å²) in [6.07, 6.45) is 1.39. The normalized spacial score (nSPS) is 16.9. The van der Waals surface area contributed by atoms with E-state index in [-0.39, 0.29) is 12.7 Å². The van der Waals surface area contributed by atoms with Crippen molar-refractivity contribution < 1.29 is 10.2 Å². The van der Waals surface area contributed by atoms with Crippen molar-refractivity contribution in [1.29, 1.82) is 0 Å². The van der Waals surface area contributed by atoms with Crippen LogP contribution >= 0.6 is 0 Å². The molecule has 0 rings (SSSR count). The van der Waals surface area contributed by atoms with Gasteiger partial charge in [-0.1, -0.05) is 20.8 Å². The van der Waals surface area contributed by atoms with E-state index in [9.17, 15) is 5.11 Å². The summed E-state index contributed by atoms with van der Waals surface area (Å²) in [4.78, 5) is 0. The van der Waals surface area contributed by atoms with Gasteiger partial charge in [-0.15, -0.1) is 0 Å². The van der Waals surface area contributed by atoms with Crippen LogP contribution in [-0.4, -0.2) is 22.9 Å². The van der Waals surface area contributed by atoms with E-state index >= 15 is 0 Å². The van der Waals surface area contributed by atoms with Crippen molar-refractivity contribution in [3.63, 3.8) is 0 Å². The molecular weight excluding hydrogens is 140 g/mol. The van der Waals surface area contributed by atoms with E-state index in [0.29, 0.717) is 11.8 Å². The third kappa shape index (κ3) is 5.22. The van der Waals surface area contributed by atoms with E-state index in [1.807, 2.05) is 13.8 Å². The molecule has 0 aromatic heterocycles. The van der Waals surface area contributed by atoms with Gasteiger partial charge in [-0.3, -0.25) is 0 Å². The standard InChI is InChI=1S/C9H20O2/c1-7(2)9(11)6-8(3)4-5-10/h7-11H,4-6H2,1-3H3. The largest absolute Gasteiger partial charge is 0.396 e. The van der Waals surface area contributed by atoms with Crippen LogP contribution < -0.4 is 0 Å². The lowest BCUT2D eigenvalue weighted by molar-refractivity contribution is 0.0942. The van der Waals surface area contributed by atoms with E-state index < -0.39 is 0 Å². The Kier molecular flexibility index (Phi) is 5.51. The molecule has 0 amide bonds. The van der Waals surface area contributed by atoms with Gasteiger partial charge in [0.1, 0.15) is 0 Å². The van der Waals surface area contributed by atoms with E-state index in [1.54, 1.807) is 0 Å². The van der Waals surface area contributed by atoms with Crippen molar-refractivity contribution in [3.8, 4) is 0 Å². The molecule has 2 heteroatoms. The smallest absolute Gasteiger partial charge is 0.0565 e. The van der Waals surface area contributed by atoms with Crippen molar-refractivity contribution in [2.75, 3.05) is 6.61 Å². The van der Waals surface area contributed by atoms with Gasteiger partial charge in [-0.25, -0.2) is 0 Å². The Bertz CT molecular complexity index is 91.6. The van der Waals surface area contributed by atoms with Crippen LogP contribution in [0.5, 0.6) is 0 Å². The first kappa shape index (κ1) is 10.9. The minimum Gasteiger partial charge on any atom is -0.396 e. The van der Waals surface area contributed by atoms with Crippen LogP contribution in [0.25, 0.3) is 0 Å². The van der Waals surface area contributed by atoms with Crippen molar-refractivity contribution in [1.82, 2.24) is 0 Å². The highest BCUT2D eigenvalue weighted by molar-refractivity contribution is 4.64. The third-order valence-corrected chi connectivity index (χ3v) is 2.04. The maximum atomic E-state index is 9.44.